The van der Waals surface area contributed by atoms with Crippen molar-refractivity contribution in [1.29, 1.82) is 0 Å². The van der Waals surface area contributed by atoms with Gasteiger partial charge in [-0.25, -0.2) is 19.3 Å². The van der Waals surface area contributed by atoms with E-state index in [1.165, 1.54) is 17.2 Å². The highest BCUT2D eigenvalue weighted by atomic mass is 19.4. The molecule has 196 valence electrons. The highest BCUT2D eigenvalue weighted by Crippen LogP contribution is 2.34. The van der Waals surface area contributed by atoms with Crippen LogP contribution in [0.5, 0.6) is 5.75 Å². The largest absolute Gasteiger partial charge is 0.490 e. The first-order valence-electron chi connectivity index (χ1n) is 12.0. The number of imidazole rings is 1. The lowest BCUT2D eigenvalue weighted by atomic mass is 9.98. The number of hydrogen-bond acceptors (Lipinski definition) is 5. The molecule has 2 aromatic heterocycles. The third-order valence-electron chi connectivity index (χ3n) is 6.49. The summed E-state index contributed by atoms with van der Waals surface area (Å²) in [6.45, 7) is 4.13. The molecule has 0 amide bonds. The molecule has 1 aliphatic rings. The zero-order valence-corrected chi connectivity index (χ0v) is 20.8. The molecule has 0 saturated heterocycles. The van der Waals surface area contributed by atoms with Crippen molar-refractivity contribution in [3.8, 4) is 28.5 Å². The maximum absolute atomic E-state index is 13.7. The Morgan fingerprint density at radius 2 is 1.87 bits per heavy atom. The van der Waals surface area contributed by atoms with E-state index in [-0.39, 0.29) is 10.3 Å². The molecule has 0 atom stereocenters. The molecule has 1 N–H and O–H groups in total. The molecule has 0 saturated carbocycles. The number of fused-ring (bicyclic) bond motifs is 1. The van der Waals surface area contributed by atoms with Crippen molar-refractivity contribution in [3.63, 3.8) is 0 Å². The summed E-state index contributed by atoms with van der Waals surface area (Å²) in [6, 6.07) is 16.5. The van der Waals surface area contributed by atoms with Gasteiger partial charge in [0, 0.05) is 18.7 Å². The number of carboxylic acids is 1. The van der Waals surface area contributed by atoms with Gasteiger partial charge in [-0.1, -0.05) is 35.9 Å². The maximum Gasteiger partial charge on any atom is 0.490 e. The molecule has 0 unspecified atom stereocenters. The smallest absolute Gasteiger partial charge is 0.488 e. The van der Waals surface area contributed by atoms with Gasteiger partial charge in [0.1, 0.15) is 18.1 Å². The number of pyridine rings is 1. The van der Waals surface area contributed by atoms with Crippen LogP contribution in [-0.4, -0.2) is 44.1 Å². The second kappa shape index (κ2) is 9.94. The van der Waals surface area contributed by atoms with Gasteiger partial charge >= 0.3 is 12.3 Å². The number of likely N-dealkylation sites (N-methyl/N-ethyl adjacent to an activating group) is 1. The lowest BCUT2D eigenvalue weighted by Crippen LogP contribution is -2.26. The van der Waals surface area contributed by atoms with Crippen LogP contribution in [0.1, 0.15) is 32.7 Å². The standard InChI is InChI=1S/C28H25F3N4O3/c1-17-6-9-25(38-16-18-7-8-20-15-34(2)11-10-19(20)13-18)21(12-17)22-4-3-5-23(33-22)26-32-14-24(27(36)37)35(26)28(29,30)31/h3-9,12-14H,10-11,15-16H2,1-2H3,(H,36,37). The Morgan fingerprint density at radius 3 is 2.63 bits per heavy atom. The van der Waals surface area contributed by atoms with Gasteiger partial charge in [-0.05, 0) is 61.3 Å². The van der Waals surface area contributed by atoms with E-state index in [1.807, 2.05) is 31.2 Å². The Balaban J connectivity index is 1.47. The van der Waals surface area contributed by atoms with Crippen LogP contribution in [0.25, 0.3) is 22.8 Å². The summed E-state index contributed by atoms with van der Waals surface area (Å²) >= 11 is 0. The number of nitrogens with zero attached hydrogens (tertiary/aromatic N) is 4. The van der Waals surface area contributed by atoms with Crippen molar-refractivity contribution in [2.24, 2.45) is 0 Å². The van der Waals surface area contributed by atoms with Gasteiger partial charge in [0.2, 0.25) is 0 Å². The van der Waals surface area contributed by atoms with Crippen LogP contribution in [0, 0.1) is 6.92 Å². The second-order valence-corrected chi connectivity index (χ2v) is 9.36. The van der Waals surface area contributed by atoms with Gasteiger partial charge in [0.25, 0.3) is 0 Å². The number of aryl methyl sites for hydroxylation is 1. The number of alkyl halides is 3. The first-order chi connectivity index (χ1) is 18.1. The molecule has 0 fully saturated rings. The molecule has 7 nitrogen and oxygen atoms in total. The summed E-state index contributed by atoms with van der Waals surface area (Å²) in [5, 5.41) is 9.22. The SMILES string of the molecule is Cc1ccc(OCc2ccc3c(c2)CCN(C)C3)c(-c2cccc(-c3ncc(C(=O)O)n3C(F)(F)F)n2)c1. The lowest BCUT2D eigenvalue weighted by molar-refractivity contribution is -0.203. The summed E-state index contributed by atoms with van der Waals surface area (Å²) in [7, 11) is 2.10. The van der Waals surface area contributed by atoms with E-state index in [0.29, 0.717) is 29.8 Å². The number of carbonyl (C=O) groups is 1. The molecule has 38 heavy (non-hydrogen) atoms. The fourth-order valence-electron chi connectivity index (χ4n) is 4.62. The first-order valence-corrected chi connectivity index (χ1v) is 12.0. The van der Waals surface area contributed by atoms with Gasteiger partial charge in [-0.3, -0.25) is 0 Å². The van der Waals surface area contributed by atoms with E-state index in [9.17, 15) is 23.1 Å². The normalized spacial score (nSPS) is 13.8. The molecule has 0 radical (unpaired) electrons. The molecule has 0 spiro atoms. The van der Waals surface area contributed by atoms with Crippen molar-refractivity contribution in [2.45, 2.75) is 32.8 Å². The molecule has 5 rings (SSSR count). The predicted octanol–water partition coefficient (Wildman–Crippen LogP) is 5.66. The number of halogens is 3. The summed E-state index contributed by atoms with van der Waals surface area (Å²) in [4.78, 5) is 21.8. The molecule has 1 aliphatic heterocycles. The number of ether oxygens (including phenoxy) is 1. The molecule has 0 bridgehead atoms. The minimum absolute atomic E-state index is 0.112. The van der Waals surface area contributed by atoms with Crippen molar-refractivity contribution >= 4 is 5.97 Å². The zero-order chi connectivity index (χ0) is 27.0. The summed E-state index contributed by atoms with van der Waals surface area (Å²) < 4.78 is 47.1. The minimum atomic E-state index is -4.99. The van der Waals surface area contributed by atoms with Crippen LogP contribution in [0.15, 0.2) is 60.8 Å². The fourth-order valence-corrected chi connectivity index (χ4v) is 4.62. The van der Waals surface area contributed by atoms with Crippen molar-refractivity contribution in [3.05, 3.63) is 88.7 Å². The number of carboxylic acid groups (broad SMARTS) is 1. The number of benzene rings is 2. The Labute approximate surface area is 217 Å². The first kappa shape index (κ1) is 25.5. The Hall–Kier alpha value is -4.18. The zero-order valence-electron chi connectivity index (χ0n) is 20.8. The van der Waals surface area contributed by atoms with Gasteiger partial charge < -0.3 is 14.7 Å². The molecule has 0 aliphatic carbocycles. The Morgan fingerprint density at radius 1 is 1.08 bits per heavy atom. The van der Waals surface area contributed by atoms with Gasteiger partial charge in [0.15, 0.2) is 11.5 Å². The topological polar surface area (TPSA) is 80.5 Å². The van der Waals surface area contributed by atoms with E-state index in [0.717, 1.165) is 30.6 Å². The third-order valence-corrected chi connectivity index (χ3v) is 6.49. The quantitative estimate of drug-likeness (QED) is 0.352. The van der Waals surface area contributed by atoms with Crippen molar-refractivity contribution in [1.82, 2.24) is 19.4 Å². The highest BCUT2D eigenvalue weighted by Gasteiger charge is 2.38. The molecular weight excluding hydrogens is 497 g/mol. The van der Waals surface area contributed by atoms with Crippen molar-refractivity contribution in [2.75, 3.05) is 13.6 Å². The minimum Gasteiger partial charge on any atom is -0.488 e. The van der Waals surface area contributed by atoms with Crippen LogP contribution < -0.4 is 4.74 Å². The number of rotatable bonds is 6. The number of aromatic nitrogens is 3. The summed E-state index contributed by atoms with van der Waals surface area (Å²) in [6.07, 6.45) is -3.33. The van der Waals surface area contributed by atoms with Crippen LogP contribution in [-0.2, 0) is 25.9 Å². The van der Waals surface area contributed by atoms with Crippen LogP contribution in [0.3, 0.4) is 0 Å². The predicted molar refractivity (Wildman–Crippen MR) is 135 cm³/mol. The molecule has 4 aromatic rings. The van der Waals surface area contributed by atoms with Gasteiger partial charge in [-0.2, -0.15) is 0 Å². The third kappa shape index (κ3) is 5.12. The monoisotopic (exact) mass is 522 g/mol. The maximum atomic E-state index is 13.7. The van der Waals surface area contributed by atoms with Crippen LogP contribution in [0.2, 0.25) is 0 Å². The van der Waals surface area contributed by atoms with Gasteiger partial charge in [-0.15, -0.1) is 13.2 Å². The molecule has 3 heterocycles. The molecular formula is C28H25F3N4O3. The van der Waals surface area contributed by atoms with E-state index in [1.54, 1.807) is 12.1 Å². The van der Waals surface area contributed by atoms with E-state index in [4.69, 9.17) is 4.74 Å². The van der Waals surface area contributed by atoms with Crippen molar-refractivity contribution < 1.29 is 27.8 Å². The van der Waals surface area contributed by atoms with Crippen LogP contribution in [0.4, 0.5) is 13.2 Å². The average Bonchev–Trinajstić information content (AvgIpc) is 3.35. The second-order valence-electron chi connectivity index (χ2n) is 9.36. The highest BCUT2D eigenvalue weighted by molar-refractivity contribution is 5.86. The fraction of sp³-hybridized carbons (Fsp3) is 0.250. The Kier molecular flexibility index (Phi) is 6.66. The van der Waals surface area contributed by atoms with E-state index >= 15 is 0 Å². The van der Waals surface area contributed by atoms with Crippen LogP contribution >= 0.6 is 0 Å². The lowest BCUT2D eigenvalue weighted by Gasteiger charge is -2.25. The Bertz CT molecular complexity index is 1510. The summed E-state index contributed by atoms with van der Waals surface area (Å²) in [5.41, 5.74) is 4.44. The molecule has 10 heteroatoms. The number of hydrogen-bond donors (Lipinski definition) is 1. The van der Waals surface area contributed by atoms with E-state index < -0.39 is 23.8 Å². The average molecular weight is 523 g/mol. The summed E-state index contributed by atoms with van der Waals surface area (Å²) in [5.74, 6) is -1.81. The molecule has 2 aromatic carbocycles. The van der Waals surface area contributed by atoms with E-state index in [2.05, 4.69) is 34.0 Å². The number of aromatic carboxylic acids is 1. The van der Waals surface area contributed by atoms with Gasteiger partial charge in [0.05, 0.1) is 11.9 Å².